The smallest absolute Gasteiger partial charge is 0.174 e. The first kappa shape index (κ1) is 17.4. The van der Waals surface area contributed by atoms with E-state index in [2.05, 4.69) is 10.1 Å². The second-order valence-corrected chi connectivity index (χ2v) is 7.38. The van der Waals surface area contributed by atoms with Gasteiger partial charge in [0.15, 0.2) is 11.3 Å². The molecule has 0 saturated carbocycles. The van der Waals surface area contributed by atoms with Gasteiger partial charge in [-0.2, -0.15) is 5.10 Å². The van der Waals surface area contributed by atoms with Gasteiger partial charge >= 0.3 is 0 Å². The Balaban J connectivity index is 2.45. The predicted molar refractivity (Wildman–Crippen MR) is 98.6 cm³/mol. The quantitative estimate of drug-likeness (QED) is 0.701. The number of ketones is 1. The van der Waals surface area contributed by atoms with E-state index in [0.717, 1.165) is 5.56 Å². The van der Waals surface area contributed by atoms with Crippen LogP contribution < -0.4 is 0 Å². The molecular weight excluding hydrogens is 334 g/mol. The van der Waals surface area contributed by atoms with E-state index in [4.69, 9.17) is 11.6 Å². The third-order valence-electron chi connectivity index (χ3n) is 4.23. The van der Waals surface area contributed by atoms with Crippen molar-refractivity contribution in [2.75, 3.05) is 0 Å². The first-order valence-corrected chi connectivity index (χ1v) is 8.47. The second kappa shape index (κ2) is 6.45. The Morgan fingerprint density at radius 3 is 2.20 bits per heavy atom. The molecule has 4 nitrogen and oxygen atoms in total. The molecule has 0 saturated heterocycles. The maximum absolute atomic E-state index is 13.8. The molecule has 1 atom stereocenters. The standard InChI is InChI=1S/C20H20ClN3O/c1-19(2,3)18(25)20(24-14-22-13-23-24,15-9-5-4-6-10-15)16-11-7-8-12-17(16)21/h4-14H,1-3H3. The molecule has 0 spiro atoms. The molecular formula is C20H20ClN3O. The van der Waals surface area contributed by atoms with E-state index in [-0.39, 0.29) is 5.78 Å². The molecule has 1 heterocycles. The van der Waals surface area contributed by atoms with Gasteiger partial charge in [-0.15, -0.1) is 0 Å². The number of nitrogens with zero attached hydrogens (tertiary/aromatic N) is 3. The number of carbonyl (C=O) groups is 1. The van der Waals surface area contributed by atoms with Gasteiger partial charge in [0.25, 0.3) is 0 Å². The fraction of sp³-hybridized carbons (Fsp3) is 0.250. The lowest BCUT2D eigenvalue weighted by molar-refractivity contribution is -0.132. The average molecular weight is 354 g/mol. The summed E-state index contributed by atoms with van der Waals surface area (Å²) in [6.45, 7) is 5.71. The van der Waals surface area contributed by atoms with Gasteiger partial charge in [0.05, 0.1) is 0 Å². The zero-order chi connectivity index (χ0) is 18.1. The third kappa shape index (κ3) is 2.87. The van der Waals surface area contributed by atoms with Crippen molar-refractivity contribution in [3.8, 4) is 0 Å². The lowest BCUT2D eigenvalue weighted by atomic mass is 9.70. The van der Waals surface area contributed by atoms with E-state index in [0.29, 0.717) is 10.6 Å². The van der Waals surface area contributed by atoms with Gasteiger partial charge in [-0.25, -0.2) is 9.67 Å². The number of carbonyl (C=O) groups excluding carboxylic acids is 1. The van der Waals surface area contributed by atoms with Crippen LogP contribution in [0, 0.1) is 5.41 Å². The summed E-state index contributed by atoms with van der Waals surface area (Å²) in [5.41, 5.74) is -0.322. The summed E-state index contributed by atoms with van der Waals surface area (Å²) >= 11 is 6.56. The van der Waals surface area contributed by atoms with Gasteiger partial charge in [-0.3, -0.25) is 4.79 Å². The van der Waals surface area contributed by atoms with Crippen molar-refractivity contribution in [1.82, 2.24) is 14.8 Å². The van der Waals surface area contributed by atoms with Crippen LogP contribution in [0.2, 0.25) is 5.02 Å². The number of hydrogen-bond donors (Lipinski definition) is 0. The Morgan fingerprint density at radius 1 is 1.00 bits per heavy atom. The molecule has 2 aromatic carbocycles. The number of halogens is 1. The maximum Gasteiger partial charge on any atom is 0.174 e. The topological polar surface area (TPSA) is 47.8 Å². The first-order valence-electron chi connectivity index (χ1n) is 8.09. The van der Waals surface area contributed by atoms with E-state index in [9.17, 15) is 4.79 Å². The monoisotopic (exact) mass is 353 g/mol. The Morgan fingerprint density at radius 2 is 1.64 bits per heavy atom. The highest BCUT2D eigenvalue weighted by Gasteiger charge is 2.50. The van der Waals surface area contributed by atoms with E-state index < -0.39 is 11.0 Å². The zero-order valence-corrected chi connectivity index (χ0v) is 15.2. The molecule has 25 heavy (non-hydrogen) atoms. The molecule has 0 N–H and O–H groups in total. The van der Waals surface area contributed by atoms with Gasteiger partial charge < -0.3 is 0 Å². The van der Waals surface area contributed by atoms with Gasteiger partial charge in [-0.05, 0) is 11.6 Å². The third-order valence-corrected chi connectivity index (χ3v) is 4.56. The summed E-state index contributed by atoms with van der Waals surface area (Å²) in [5, 5.41) is 4.86. The van der Waals surface area contributed by atoms with Crippen molar-refractivity contribution in [3.63, 3.8) is 0 Å². The summed E-state index contributed by atoms with van der Waals surface area (Å²) in [4.78, 5) is 17.9. The SMILES string of the molecule is CC(C)(C)C(=O)C(c1ccccc1)(c1ccccc1Cl)n1cncn1. The maximum atomic E-state index is 13.8. The van der Waals surface area contributed by atoms with Crippen molar-refractivity contribution in [1.29, 1.82) is 0 Å². The van der Waals surface area contributed by atoms with Crippen LogP contribution in [-0.2, 0) is 10.3 Å². The Labute approximate surface area is 152 Å². The molecule has 0 aliphatic rings. The van der Waals surface area contributed by atoms with Crippen molar-refractivity contribution < 1.29 is 4.79 Å². The summed E-state index contributed by atoms with van der Waals surface area (Å²) in [5.74, 6) is -0.00944. The van der Waals surface area contributed by atoms with Crippen molar-refractivity contribution >= 4 is 17.4 Å². The summed E-state index contributed by atoms with van der Waals surface area (Å²) in [6.07, 6.45) is 3.00. The zero-order valence-electron chi connectivity index (χ0n) is 14.5. The van der Waals surface area contributed by atoms with Crippen LogP contribution in [0.1, 0.15) is 31.9 Å². The van der Waals surface area contributed by atoms with Crippen LogP contribution in [0.5, 0.6) is 0 Å². The Bertz CT molecular complexity index is 869. The minimum Gasteiger partial charge on any atom is -0.296 e. The van der Waals surface area contributed by atoms with Crippen LogP contribution >= 0.6 is 11.6 Å². The van der Waals surface area contributed by atoms with Crippen molar-refractivity contribution in [2.24, 2.45) is 5.41 Å². The fourth-order valence-electron chi connectivity index (χ4n) is 3.13. The van der Waals surface area contributed by atoms with Gasteiger partial charge in [-0.1, -0.05) is 80.9 Å². The largest absolute Gasteiger partial charge is 0.296 e. The summed E-state index contributed by atoms with van der Waals surface area (Å²) in [6, 6.07) is 17.0. The minimum atomic E-state index is -1.19. The van der Waals surface area contributed by atoms with Crippen LogP contribution in [0.25, 0.3) is 0 Å². The molecule has 3 aromatic rings. The van der Waals surface area contributed by atoms with Crippen LogP contribution in [0.15, 0.2) is 67.3 Å². The highest BCUT2D eigenvalue weighted by Crippen LogP contribution is 2.42. The number of hydrogen-bond acceptors (Lipinski definition) is 3. The second-order valence-electron chi connectivity index (χ2n) is 6.98. The Kier molecular flexibility index (Phi) is 4.48. The van der Waals surface area contributed by atoms with E-state index in [1.54, 1.807) is 17.1 Å². The molecule has 0 fully saturated rings. The molecule has 0 aliphatic carbocycles. The molecule has 128 valence electrons. The molecule has 1 unspecified atom stereocenters. The number of rotatable bonds is 4. The lowest BCUT2D eigenvalue weighted by Crippen LogP contribution is -2.50. The number of aromatic nitrogens is 3. The van der Waals surface area contributed by atoms with Crippen molar-refractivity contribution in [3.05, 3.63) is 83.4 Å². The van der Waals surface area contributed by atoms with Gasteiger partial charge in [0.2, 0.25) is 0 Å². The van der Waals surface area contributed by atoms with Crippen LogP contribution in [0.4, 0.5) is 0 Å². The molecule has 0 aliphatic heterocycles. The molecule has 0 amide bonds. The normalized spacial score (nSPS) is 14.1. The summed E-state index contributed by atoms with van der Waals surface area (Å²) < 4.78 is 1.61. The highest BCUT2D eigenvalue weighted by molar-refractivity contribution is 6.32. The van der Waals surface area contributed by atoms with E-state index in [1.807, 2.05) is 69.3 Å². The lowest BCUT2D eigenvalue weighted by Gasteiger charge is -2.38. The molecule has 5 heteroatoms. The molecule has 1 aromatic heterocycles. The molecule has 3 rings (SSSR count). The number of Topliss-reactive ketones (excluding diaryl/α,β-unsaturated/α-hetero) is 1. The number of benzene rings is 2. The van der Waals surface area contributed by atoms with E-state index in [1.165, 1.54) is 6.33 Å². The molecule has 0 radical (unpaired) electrons. The summed E-state index contributed by atoms with van der Waals surface area (Å²) in [7, 11) is 0. The van der Waals surface area contributed by atoms with Gasteiger partial charge in [0.1, 0.15) is 12.7 Å². The van der Waals surface area contributed by atoms with Crippen LogP contribution in [-0.4, -0.2) is 20.5 Å². The van der Waals surface area contributed by atoms with E-state index >= 15 is 0 Å². The Hall–Kier alpha value is -2.46. The minimum absolute atomic E-state index is 0.00944. The fourth-order valence-corrected chi connectivity index (χ4v) is 3.40. The highest BCUT2D eigenvalue weighted by atomic mass is 35.5. The van der Waals surface area contributed by atoms with Crippen LogP contribution in [0.3, 0.4) is 0 Å². The molecule has 0 bridgehead atoms. The van der Waals surface area contributed by atoms with Gasteiger partial charge in [0, 0.05) is 16.0 Å². The predicted octanol–water partition coefficient (Wildman–Crippen LogP) is 4.34. The average Bonchev–Trinajstić information content (AvgIpc) is 3.12. The van der Waals surface area contributed by atoms with Crippen molar-refractivity contribution in [2.45, 2.75) is 26.3 Å². The first-order chi connectivity index (χ1) is 11.9.